The second-order valence-corrected chi connectivity index (χ2v) is 5.98. The number of benzene rings is 2. The molecule has 1 heterocycles. The van der Waals surface area contributed by atoms with Gasteiger partial charge in [-0.1, -0.05) is 35.9 Å². The highest BCUT2D eigenvalue weighted by atomic mass is 35.5. The van der Waals surface area contributed by atoms with Crippen LogP contribution in [0, 0.1) is 6.92 Å². The van der Waals surface area contributed by atoms with E-state index in [0.29, 0.717) is 40.5 Å². The van der Waals surface area contributed by atoms with Gasteiger partial charge >= 0.3 is 0 Å². The van der Waals surface area contributed by atoms with Gasteiger partial charge in [0, 0.05) is 16.1 Å². The van der Waals surface area contributed by atoms with Gasteiger partial charge in [-0.2, -0.15) is 5.10 Å². The van der Waals surface area contributed by atoms with Crippen molar-refractivity contribution in [3.63, 3.8) is 0 Å². The first-order chi connectivity index (χ1) is 13.1. The van der Waals surface area contributed by atoms with Crippen molar-refractivity contribution in [3.8, 4) is 11.5 Å². The zero-order chi connectivity index (χ0) is 19.2. The first kappa shape index (κ1) is 24.4. The van der Waals surface area contributed by atoms with Gasteiger partial charge in [0.1, 0.15) is 6.61 Å². The Morgan fingerprint density at radius 1 is 1.17 bits per heavy atom. The molecular formula is C18H21Cl3N6O2. The molecule has 0 aliphatic heterocycles. The fraction of sp³-hybridized carbons (Fsp3) is 0.167. The minimum absolute atomic E-state index is 0. The van der Waals surface area contributed by atoms with Gasteiger partial charge in [0.2, 0.25) is 0 Å². The molecule has 29 heavy (non-hydrogen) atoms. The van der Waals surface area contributed by atoms with Crippen LogP contribution in [-0.2, 0) is 6.61 Å². The summed E-state index contributed by atoms with van der Waals surface area (Å²) in [4.78, 5) is 0. The Morgan fingerprint density at radius 3 is 2.59 bits per heavy atom. The van der Waals surface area contributed by atoms with Crippen LogP contribution in [0.15, 0.2) is 47.6 Å². The fourth-order valence-electron chi connectivity index (χ4n) is 2.32. The molecule has 0 spiro atoms. The molecule has 3 aromatic rings. The maximum absolute atomic E-state index is 6.20. The summed E-state index contributed by atoms with van der Waals surface area (Å²) in [5.74, 6) is 7.81. The SMILES string of the molecule is COc1cccc(/C=N/Nc2nnc(C)n2N)c1OCc1ccccc1Cl.Cl.Cl. The number of anilines is 1. The van der Waals surface area contributed by atoms with Crippen molar-refractivity contribution < 1.29 is 9.47 Å². The number of nitrogen functional groups attached to an aromatic ring is 1. The van der Waals surface area contributed by atoms with E-state index in [2.05, 4.69) is 20.7 Å². The van der Waals surface area contributed by atoms with Gasteiger partial charge in [-0.05, 0) is 25.1 Å². The van der Waals surface area contributed by atoms with Crippen LogP contribution in [0.1, 0.15) is 17.0 Å². The molecule has 11 heteroatoms. The normalized spacial score (nSPS) is 10.2. The van der Waals surface area contributed by atoms with E-state index < -0.39 is 0 Å². The predicted molar refractivity (Wildman–Crippen MR) is 119 cm³/mol. The van der Waals surface area contributed by atoms with Crippen molar-refractivity contribution in [3.05, 3.63) is 64.4 Å². The Bertz CT molecular complexity index is 965. The van der Waals surface area contributed by atoms with Crippen molar-refractivity contribution >= 4 is 48.6 Å². The van der Waals surface area contributed by atoms with E-state index in [4.69, 9.17) is 26.9 Å². The molecule has 0 bridgehead atoms. The highest BCUT2D eigenvalue weighted by Gasteiger charge is 2.11. The summed E-state index contributed by atoms with van der Waals surface area (Å²) in [5.41, 5.74) is 4.34. The lowest BCUT2D eigenvalue weighted by molar-refractivity contribution is 0.284. The molecule has 3 rings (SSSR count). The number of rotatable bonds is 7. The third-order valence-electron chi connectivity index (χ3n) is 3.79. The Balaban J connectivity index is 0.00000210. The van der Waals surface area contributed by atoms with Gasteiger partial charge in [-0.3, -0.25) is 0 Å². The number of para-hydroxylation sites is 1. The summed E-state index contributed by atoms with van der Waals surface area (Å²) >= 11 is 6.20. The maximum Gasteiger partial charge on any atom is 0.263 e. The van der Waals surface area contributed by atoms with E-state index in [-0.39, 0.29) is 24.8 Å². The summed E-state index contributed by atoms with van der Waals surface area (Å²) < 4.78 is 12.7. The number of nitrogens with one attached hydrogen (secondary N) is 1. The minimum Gasteiger partial charge on any atom is -0.493 e. The number of aromatic nitrogens is 3. The monoisotopic (exact) mass is 458 g/mol. The largest absolute Gasteiger partial charge is 0.493 e. The Labute approximate surface area is 185 Å². The molecule has 3 N–H and O–H groups in total. The van der Waals surface area contributed by atoms with E-state index in [9.17, 15) is 0 Å². The molecular weight excluding hydrogens is 439 g/mol. The van der Waals surface area contributed by atoms with Crippen molar-refractivity contribution in [1.82, 2.24) is 14.9 Å². The van der Waals surface area contributed by atoms with E-state index in [1.54, 1.807) is 20.2 Å². The lowest BCUT2D eigenvalue weighted by atomic mass is 10.2. The number of halogens is 3. The van der Waals surface area contributed by atoms with Crippen LogP contribution in [0.5, 0.6) is 11.5 Å². The van der Waals surface area contributed by atoms with Crippen molar-refractivity contribution in [2.75, 3.05) is 18.4 Å². The van der Waals surface area contributed by atoms with Crippen LogP contribution in [-0.4, -0.2) is 28.2 Å². The number of hydrazone groups is 1. The molecule has 0 radical (unpaired) electrons. The third kappa shape index (κ3) is 5.90. The lowest BCUT2D eigenvalue weighted by Gasteiger charge is -2.13. The van der Waals surface area contributed by atoms with E-state index in [1.165, 1.54) is 4.68 Å². The topological polar surface area (TPSA) is 99.6 Å². The van der Waals surface area contributed by atoms with E-state index in [0.717, 1.165) is 5.56 Å². The molecule has 0 unspecified atom stereocenters. The van der Waals surface area contributed by atoms with Gasteiger partial charge < -0.3 is 15.3 Å². The minimum atomic E-state index is 0. The average molecular weight is 460 g/mol. The van der Waals surface area contributed by atoms with Gasteiger partial charge in [0.05, 0.1) is 13.3 Å². The Morgan fingerprint density at radius 2 is 1.93 bits per heavy atom. The Kier molecular flexibility index (Phi) is 9.54. The molecule has 0 aliphatic rings. The molecule has 8 nitrogen and oxygen atoms in total. The smallest absolute Gasteiger partial charge is 0.263 e. The molecule has 1 aromatic heterocycles. The quantitative estimate of drug-likeness (QED) is 0.316. The zero-order valence-corrected chi connectivity index (χ0v) is 18.1. The summed E-state index contributed by atoms with van der Waals surface area (Å²) in [6, 6.07) is 13.0. The summed E-state index contributed by atoms with van der Waals surface area (Å²) in [5, 5.41) is 12.5. The van der Waals surface area contributed by atoms with Crippen LogP contribution in [0.2, 0.25) is 5.02 Å². The summed E-state index contributed by atoms with van der Waals surface area (Å²) in [6.07, 6.45) is 1.59. The summed E-state index contributed by atoms with van der Waals surface area (Å²) in [6.45, 7) is 2.04. The third-order valence-corrected chi connectivity index (χ3v) is 4.16. The average Bonchev–Trinajstić information content (AvgIpc) is 3.00. The van der Waals surface area contributed by atoms with Gasteiger partial charge in [0.25, 0.3) is 5.95 Å². The molecule has 0 aliphatic carbocycles. The fourth-order valence-corrected chi connectivity index (χ4v) is 2.51. The van der Waals surface area contributed by atoms with Crippen LogP contribution in [0.3, 0.4) is 0 Å². The number of hydrogen-bond acceptors (Lipinski definition) is 7. The lowest BCUT2D eigenvalue weighted by Crippen LogP contribution is -2.13. The first-order valence-electron chi connectivity index (χ1n) is 8.09. The Hall–Kier alpha value is -2.68. The van der Waals surface area contributed by atoms with Gasteiger partial charge in [-0.25, -0.2) is 10.1 Å². The standard InChI is InChI=1S/C18H19ClN6O2.2ClH/c1-12-22-24-18(25(12)20)23-21-10-13-7-5-9-16(26-2)17(13)27-11-14-6-3-4-8-15(14)19;;/h3-10H,11,20H2,1-2H3,(H,23,24);2*1H/b21-10+;;. The van der Waals surface area contributed by atoms with Crippen LogP contribution in [0.25, 0.3) is 0 Å². The van der Waals surface area contributed by atoms with Crippen molar-refractivity contribution in [2.45, 2.75) is 13.5 Å². The number of aryl methyl sites for hydroxylation is 1. The van der Waals surface area contributed by atoms with Gasteiger partial charge in [-0.15, -0.1) is 35.0 Å². The molecule has 0 amide bonds. The highest BCUT2D eigenvalue weighted by molar-refractivity contribution is 6.31. The second kappa shape index (κ2) is 11.4. The molecule has 0 fully saturated rings. The van der Waals surface area contributed by atoms with E-state index >= 15 is 0 Å². The number of ether oxygens (including phenoxy) is 2. The van der Waals surface area contributed by atoms with Crippen LogP contribution < -0.4 is 20.7 Å². The van der Waals surface area contributed by atoms with Crippen molar-refractivity contribution in [2.24, 2.45) is 5.10 Å². The van der Waals surface area contributed by atoms with E-state index in [1.807, 2.05) is 42.5 Å². The number of nitrogens with zero attached hydrogens (tertiary/aromatic N) is 4. The molecule has 0 saturated carbocycles. The van der Waals surface area contributed by atoms with Crippen LogP contribution >= 0.6 is 36.4 Å². The van der Waals surface area contributed by atoms with Gasteiger partial charge in [0.15, 0.2) is 17.3 Å². The number of methoxy groups -OCH3 is 1. The first-order valence-corrected chi connectivity index (χ1v) is 8.47. The zero-order valence-electron chi connectivity index (χ0n) is 15.7. The van der Waals surface area contributed by atoms with Crippen LogP contribution in [0.4, 0.5) is 5.95 Å². The molecule has 2 aromatic carbocycles. The second-order valence-electron chi connectivity index (χ2n) is 5.57. The molecule has 0 saturated heterocycles. The number of hydrogen-bond donors (Lipinski definition) is 2. The maximum atomic E-state index is 6.20. The summed E-state index contributed by atoms with van der Waals surface area (Å²) in [7, 11) is 1.58. The molecule has 156 valence electrons. The predicted octanol–water partition coefficient (Wildman–Crippen LogP) is 3.83. The van der Waals surface area contributed by atoms with Crippen molar-refractivity contribution in [1.29, 1.82) is 0 Å². The number of nitrogens with two attached hydrogens (primary N) is 1. The highest BCUT2D eigenvalue weighted by Crippen LogP contribution is 2.31. The molecule has 0 atom stereocenters.